The Balaban J connectivity index is 1.78. The molecule has 1 atom stereocenters. The molecule has 3 nitrogen and oxygen atoms in total. The van der Waals surface area contributed by atoms with E-state index in [4.69, 9.17) is 0 Å². The van der Waals surface area contributed by atoms with Crippen LogP contribution >= 0.6 is 0 Å². The lowest BCUT2D eigenvalue weighted by atomic mass is 9.57. The second kappa shape index (κ2) is 5.38. The van der Waals surface area contributed by atoms with E-state index in [-0.39, 0.29) is 5.91 Å². The molecule has 0 aliphatic heterocycles. The Bertz CT molecular complexity index is 271. The molecule has 17 heavy (non-hydrogen) atoms. The zero-order valence-electron chi connectivity index (χ0n) is 11.3. The molecule has 0 bridgehead atoms. The zero-order valence-corrected chi connectivity index (χ0v) is 11.3. The standard InChI is InChI=1S/C14H26N2O/c1-3-16(2)13(17)11-15-12-7-10-14(12)8-5-4-6-9-14/h12,15H,3-11H2,1-2H3. The van der Waals surface area contributed by atoms with Crippen LogP contribution in [0.15, 0.2) is 0 Å². The van der Waals surface area contributed by atoms with Crippen molar-refractivity contribution in [3.63, 3.8) is 0 Å². The first-order valence-electron chi connectivity index (χ1n) is 7.15. The Morgan fingerprint density at radius 3 is 2.53 bits per heavy atom. The molecule has 0 aromatic carbocycles. The van der Waals surface area contributed by atoms with Crippen molar-refractivity contribution in [3.05, 3.63) is 0 Å². The zero-order chi connectivity index (χ0) is 12.3. The predicted molar refractivity (Wildman–Crippen MR) is 69.9 cm³/mol. The Morgan fingerprint density at radius 1 is 1.29 bits per heavy atom. The second-order valence-electron chi connectivity index (χ2n) is 5.80. The van der Waals surface area contributed by atoms with E-state index in [2.05, 4.69) is 5.32 Å². The van der Waals surface area contributed by atoms with Crippen molar-refractivity contribution >= 4 is 5.91 Å². The van der Waals surface area contributed by atoms with Crippen LogP contribution in [0, 0.1) is 5.41 Å². The van der Waals surface area contributed by atoms with Crippen molar-refractivity contribution < 1.29 is 4.79 Å². The van der Waals surface area contributed by atoms with E-state index in [1.807, 2.05) is 14.0 Å². The smallest absolute Gasteiger partial charge is 0.236 e. The highest BCUT2D eigenvalue weighted by atomic mass is 16.2. The van der Waals surface area contributed by atoms with Gasteiger partial charge in [0, 0.05) is 19.6 Å². The summed E-state index contributed by atoms with van der Waals surface area (Å²) >= 11 is 0. The molecule has 1 amide bonds. The lowest BCUT2D eigenvalue weighted by molar-refractivity contribution is -0.129. The molecule has 1 N–H and O–H groups in total. The number of nitrogens with one attached hydrogen (secondary N) is 1. The third-order valence-electron chi connectivity index (χ3n) is 4.92. The van der Waals surface area contributed by atoms with Crippen molar-refractivity contribution in [2.45, 2.75) is 57.9 Å². The van der Waals surface area contributed by atoms with E-state index >= 15 is 0 Å². The Morgan fingerprint density at radius 2 is 2.00 bits per heavy atom. The SMILES string of the molecule is CCN(C)C(=O)CNC1CCC12CCCCC2. The first-order chi connectivity index (χ1) is 8.18. The van der Waals surface area contributed by atoms with Gasteiger partial charge in [0.2, 0.25) is 5.91 Å². The summed E-state index contributed by atoms with van der Waals surface area (Å²) in [7, 11) is 1.88. The van der Waals surface area contributed by atoms with Crippen LogP contribution in [0.3, 0.4) is 0 Å². The van der Waals surface area contributed by atoms with Crippen LogP contribution in [-0.2, 0) is 4.79 Å². The van der Waals surface area contributed by atoms with Gasteiger partial charge in [-0.25, -0.2) is 0 Å². The molecule has 98 valence electrons. The maximum absolute atomic E-state index is 11.8. The van der Waals surface area contributed by atoms with Crippen LogP contribution in [0.2, 0.25) is 0 Å². The minimum Gasteiger partial charge on any atom is -0.345 e. The van der Waals surface area contributed by atoms with Gasteiger partial charge in [0.15, 0.2) is 0 Å². The molecule has 2 saturated carbocycles. The first kappa shape index (κ1) is 12.9. The van der Waals surface area contributed by atoms with Crippen LogP contribution in [0.25, 0.3) is 0 Å². The molecule has 0 aromatic rings. The average molecular weight is 238 g/mol. The molecule has 0 aromatic heterocycles. The summed E-state index contributed by atoms with van der Waals surface area (Å²) in [6, 6.07) is 0.608. The summed E-state index contributed by atoms with van der Waals surface area (Å²) in [4.78, 5) is 13.5. The van der Waals surface area contributed by atoms with Gasteiger partial charge < -0.3 is 10.2 Å². The molecule has 3 heteroatoms. The highest BCUT2D eigenvalue weighted by molar-refractivity contribution is 5.77. The summed E-state index contributed by atoms with van der Waals surface area (Å²) in [5.74, 6) is 0.227. The van der Waals surface area contributed by atoms with Gasteiger partial charge in [0.05, 0.1) is 6.54 Å². The molecule has 1 unspecified atom stereocenters. The quantitative estimate of drug-likeness (QED) is 0.814. The monoisotopic (exact) mass is 238 g/mol. The summed E-state index contributed by atoms with van der Waals surface area (Å²) in [5, 5.41) is 3.50. The first-order valence-corrected chi connectivity index (χ1v) is 7.15. The van der Waals surface area contributed by atoms with E-state index in [0.717, 1.165) is 6.54 Å². The molecule has 2 aliphatic rings. The molecule has 2 aliphatic carbocycles. The van der Waals surface area contributed by atoms with Crippen molar-refractivity contribution in [2.75, 3.05) is 20.1 Å². The number of carbonyl (C=O) groups is 1. The Hall–Kier alpha value is -0.570. The minimum absolute atomic E-state index is 0.227. The van der Waals surface area contributed by atoms with Crippen LogP contribution < -0.4 is 5.32 Å². The molecule has 0 radical (unpaired) electrons. The highest BCUT2D eigenvalue weighted by Crippen LogP contribution is 2.51. The Kier molecular flexibility index (Phi) is 4.08. The highest BCUT2D eigenvalue weighted by Gasteiger charge is 2.46. The molecule has 0 heterocycles. The van der Waals surface area contributed by atoms with Gasteiger partial charge in [-0.05, 0) is 38.0 Å². The number of likely N-dealkylation sites (N-methyl/N-ethyl adjacent to an activating group) is 1. The lowest BCUT2D eigenvalue weighted by Gasteiger charge is -2.52. The van der Waals surface area contributed by atoms with Crippen molar-refractivity contribution in [1.82, 2.24) is 10.2 Å². The fourth-order valence-electron chi connectivity index (χ4n) is 3.39. The van der Waals surface area contributed by atoms with Crippen LogP contribution in [0.5, 0.6) is 0 Å². The third-order valence-corrected chi connectivity index (χ3v) is 4.92. The van der Waals surface area contributed by atoms with Gasteiger partial charge in [0.25, 0.3) is 0 Å². The molecule has 2 rings (SSSR count). The normalized spacial score (nSPS) is 26.6. The summed E-state index contributed by atoms with van der Waals surface area (Å²) in [6.45, 7) is 3.34. The van der Waals surface area contributed by atoms with Crippen molar-refractivity contribution in [3.8, 4) is 0 Å². The van der Waals surface area contributed by atoms with Gasteiger partial charge in [-0.3, -0.25) is 4.79 Å². The minimum atomic E-state index is 0.227. The summed E-state index contributed by atoms with van der Waals surface area (Å²) < 4.78 is 0. The van der Waals surface area contributed by atoms with Gasteiger partial charge in [-0.15, -0.1) is 0 Å². The second-order valence-corrected chi connectivity index (χ2v) is 5.80. The van der Waals surface area contributed by atoms with Gasteiger partial charge >= 0.3 is 0 Å². The van der Waals surface area contributed by atoms with Crippen LogP contribution in [0.1, 0.15) is 51.9 Å². The molecular weight excluding hydrogens is 212 g/mol. The lowest BCUT2D eigenvalue weighted by Crippen LogP contribution is -2.56. The van der Waals surface area contributed by atoms with E-state index < -0.39 is 0 Å². The van der Waals surface area contributed by atoms with Crippen molar-refractivity contribution in [1.29, 1.82) is 0 Å². The molecule has 1 spiro atoms. The topological polar surface area (TPSA) is 32.3 Å². The van der Waals surface area contributed by atoms with E-state index in [1.165, 1.54) is 44.9 Å². The number of rotatable bonds is 4. The number of amides is 1. The van der Waals surface area contributed by atoms with E-state index in [1.54, 1.807) is 4.90 Å². The number of carbonyl (C=O) groups excluding carboxylic acids is 1. The third kappa shape index (κ3) is 2.65. The van der Waals surface area contributed by atoms with Gasteiger partial charge in [-0.1, -0.05) is 19.3 Å². The van der Waals surface area contributed by atoms with Crippen molar-refractivity contribution in [2.24, 2.45) is 5.41 Å². The predicted octanol–water partition coefficient (Wildman–Crippen LogP) is 2.17. The fraction of sp³-hybridized carbons (Fsp3) is 0.929. The van der Waals surface area contributed by atoms with E-state index in [9.17, 15) is 4.79 Å². The number of hydrogen-bond acceptors (Lipinski definition) is 2. The Labute approximate surface area is 105 Å². The maximum atomic E-state index is 11.8. The van der Waals surface area contributed by atoms with Gasteiger partial charge in [-0.2, -0.15) is 0 Å². The number of hydrogen-bond donors (Lipinski definition) is 1. The summed E-state index contributed by atoms with van der Waals surface area (Å²) in [5.41, 5.74) is 0.559. The molecular formula is C14H26N2O. The van der Waals surface area contributed by atoms with Crippen LogP contribution in [0.4, 0.5) is 0 Å². The fourth-order valence-corrected chi connectivity index (χ4v) is 3.39. The maximum Gasteiger partial charge on any atom is 0.236 e. The van der Waals surface area contributed by atoms with Crippen LogP contribution in [-0.4, -0.2) is 37.0 Å². The average Bonchev–Trinajstić information content (AvgIpc) is 2.37. The molecule has 0 saturated heterocycles. The molecule has 2 fully saturated rings. The van der Waals surface area contributed by atoms with E-state index in [0.29, 0.717) is 18.0 Å². The van der Waals surface area contributed by atoms with Gasteiger partial charge in [0.1, 0.15) is 0 Å². The number of nitrogens with zero attached hydrogens (tertiary/aromatic N) is 1. The largest absolute Gasteiger partial charge is 0.345 e. The summed E-state index contributed by atoms with van der Waals surface area (Å²) in [6.07, 6.45) is 9.59.